The molecule has 0 saturated carbocycles. The van der Waals surface area contributed by atoms with E-state index in [0.717, 1.165) is 25.9 Å². The molecule has 0 bridgehead atoms. The number of hydrogen-bond acceptors (Lipinski definition) is 5. The summed E-state index contributed by atoms with van der Waals surface area (Å²) >= 11 is 0. The van der Waals surface area contributed by atoms with Crippen LogP contribution in [0.1, 0.15) is 23.2 Å². The number of amides is 2. The van der Waals surface area contributed by atoms with E-state index in [0.29, 0.717) is 17.1 Å². The monoisotopic (exact) mass is 335 g/mol. The van der Waals surface area contributed by atoms with Crippen LogP contribution in [0.2, 0.25) is 0 Å². The number of likely N-dealkylation sites (N-methyl/N-ethyl adjacent to an activating group) is 2. The SMILES string of the molecule is CNC[C@H]1CCCN1C(=O)c1ccc(OCC(=O)NC)c(OC)c1. The third-order valence-electron chi connectivity index (χ3n) is 4.13. The zero-order chi connectivity index (χ0) is 17.5. The van der Waals surface area contributed by atoms with Gasteiger partial charge in [-0.1, -0.05) is 0 Å². The molecule has 1 aromatic rings. The van der Waals surface area contributed by atoms with Crippen LogP contribution in [0.5, 0.6) is 11.5 Å². The number of hydrogen-bond donors (Lipinski definition) is 2. The largest absolute Gasteiger partial charge is 0.493 e. The molecular formula is C17H25N3O4. The van der Waals surface area contributed by atoms with Crippen LogP contribution in [-0.4, -0.2) is 63.7 Å². The minimum absolute atomic E-state index is 0.0103. The number of carbonyl (C=O) groups excluding carboxylic acids is 2. The van der Waals surface area contributed by atoms with Crippen molar-refractivity contribution in [3.05, 3.63) is 23.8 Å². The van der Waals surface area contributed by atoms with Crippen LogP contribution < -0.4 is 20.1 Å². The topological polar surface area (TPSA) is 79.9 Å². The molecule has 2 N–H and O–H groups in total. The zero-order valence-electron chi connectivity index (χ0n) is 14.4. The first-order valence-electron chi connectivity index (χ1n) is 8.07. The van der Waals surface area contributed by atoms with Crippen molar-refractivity contribution in [2.45, 2.75) is 18.9 Å². The van der Waals surface area contributed by atoms with E-state index in [-0.39, 0.29) is 24.5 Å². The lowest BCUT2D eigenvalue weighted by Crippen LogP contribution is -2.40. The molecule has 1 saturated heterocycles. The van der Waals surface area contributed by atoms with Crippen molar-refractivity contribution in [2.75, 3.05) is 40.9 Å². The summed E-state index contributed by atoms with van der Waals surface area (Å²) in [6.45, 7) is 1.45. The van der Waals surface area contributed by atoms with Gasteiger partial charge >= 0.3 is 0 Å². The average Bonchev–Trinajstić information content (AvgIpc) is 3.07. The first-order valence-corrected chi connectivity index (χ1v) is 8.07. The second kappa shape index (κ2) is 8.54. The van der Waals surface area contributed by atoms with Gasteiger partial charge in [-0.05, 0) is 38.1 Å². The Morgan fingerprint density at radius 3 is 2.75 bits per heavy atom. The molecule has 1 aliphatic heterocycles. The van der Waals surface area contributed by atoms with Crippen molar-refractivity contribution in [1.82, 2.24) is 15.5 Å². The van der Waals surface area contributed by atoms with Gasteiger partial charge in [0.15, 0.2) is 18.1 Å². The summed E-state index contributed by atoms with van der Waals surface area (Å²) in [4.78, 5) is 25.9. The summed E-state index contributed by atoms with van der Waals surface area (Å²) < 4.78 is 10.7. The Labute approximate surface area is 142 Å². The smallest absolute Gasteiger partial charge is 0.257 e. The molecule has 7 nitrogen and oxygen atoms in total. The second-order valence-corrected chi connectivity index (χ2v) is 5.68. The number of methoxy groups -OCH3 is 1. The van der Waals surface area contributed by atoms with Gasteiger partial charge in [-0.2, -0.15) is 0 Å². The molecule has 0 aliphatic carbocycles. The Morgan fingerprint density at radius 1 is 1.29 bits per heavy atom. The van der Waals surface area contributed by atoms with Crippen LogP contribution in [-0.2, 0) is 4.79 Å². The number of nitrogens with zero attached hydrogens (tertiary/aromatic N) is 1. The Hall–Kier alpha value is -2.28. The van der Waals surface area contributed by atoms with Gasteiger partial charge in [0.05, 0.1) is 7.11 Å². The molecule has 1 heterocycles. The molecule has 0 spiro atoms. The maximum atomic E-state index is 12.8. The zero-order valence-corrected chi connectivity index (χ0v) is 14.4. The van der Waals surface area contributed by atoms with Gasteiger partial charge < -0.3 is 25.0 Å². The molecule has 1 aliphatic rings. The van der Waals surface area contributed by atoms with Gasteiger partial charge in [-0.3, -0.25) is 9.59 Å². The van der Waals surface area contributed by atoms with E-state index in [1.807, 2.05) is 11.9 Å². The Kier molecular flexibility index (Phi) is 6.43. The number of ether oxygens (including phenoxy) is 2. The van der Waals surface area contributed by atoms with E-state index in [2.05, 4.69) is 10.6 Å². The van der Waals surface area contributed by atoms with Crippen molar-refractivity contribution in [2.24, 2.45) is 0 Å². The van der Waals surface area contributed by atoms with Crippen molar-refractivity contribution in [3.8, 4) is 11.5 Å². The van der Waals surface area contributed by atoms with Gasteiger partial charge in [0, 0.05) is 31.7 Å². The highest BCUT2D eigenvalue weighted by Crippen LogP contribution is 2.29. The average molecular weight is 335 g/mol. The van der Waals surface area contributed by atoms with Gasteiger partial charge in [0.1, 0.15) is 0 Å². The summed E-state index contributed by atoms with van der Waals surface area (Å²) in [6.07, 6.45) is 2.03. The Morgan fingerprint density at radius 2 is 2.08 bits per heavy atom. The number of carbonyl (C=O) groups is 2. The highest BCUT2D eigenvalue weighted by atomic mass is 16.5. The van der Waals surface area contributed by atoms with Crippen LogP contribution in [0.25, 0.3) is 0 Å². The molecule has 132 valence electrons. The van der Waals surface area contributed by atoms with Crippen molar-refractivity contribution >= 4 is 11.8 Å². The van der Waals surface area contributed by atoms with Crippen molar-refractivity contribution < 1.29 is 19.1 Å². The van der Waals surface area contributed by atoms with Crippen LogP contribution >= 0.6 is 0 Å². The lowest BCUT2D eigenvalue weighted by molar-refractivity contribution is -0.122. The highest BCUT2D eigenvalue weighted by molar-refractivity contribution is 5.95. The summed E-state index contributed by atoms with van der Waals surface area (Å²) in [6, 6.07) is 5.26. The number of likely N-dealkylation sites (tertiary alicyclic amines) is 1. The highest BCUT2D eigenvalue weighted by Gasteiger charge is 2.29. The minimum Gasteiger partial charge on any atom is -0.493 e. The predicted molar refractivity (Wildman–Crippen MR) is 90.5 cm³/mol. The third kappa shape index (κ3) is 4.17. The second-order valence-electron chi connectivity index (χ2n) is 5.68. The number of benzene rings is 1. The summed E-state index contributed by atoms with van der Waals surface area (Å²) in [7, 11) is 4.95. The lowest BCUT2D eigenvalue weighted by atomic mass is 10.1. The molecular weight excluding hydrogens is 310 g/mol. The molecule has 0 aromatic heterocycles. The first-order chi connectivity index (χ1) is 11.6. The van der Waals surface area contributed by atoms with E-state index in [4.69, 9.17) is 9.47 Å². The number of nitrogens with one attached hydrogen (secondary N) is 2. The quantitative estimate of drug-likeness (QED) is 0.765. The van der Waals surface area contributed by atoms with Crippen molar-refractivity contribution in [1.29, 1.82) is 0 Å². The van der Waals surface area contributed by atoms with E-state index in [9.17, 15) is 9.59 Å². The number of rotatable bonds is 7. The first kappa shape index (κ1) is 18.1. The van der Waals surface area contributed by atoms with E-state index in [1.54, 1.807) is 25.2 Å². The maximum absolute atomic E-state index is 12.8. The molecule has 2 rings (SSSR count). The standard InChI is InChI=1S/C17H25N3O4/c1-18-10-13-5-4-8-20(13)17(22)12-6-7-14(15(9-12)23-3)24-11-16(21)19-2/h6-7,9,13,18H,4-5,8,10-11H2,1-3H3,(H,19,21)/t13-/m1/s1. The molecule has 2 amide bonds. The molecule has 24 heavy (non-hydrogen) atoms. The van der Waals surface area contributed by atoms with Gasteiger partial charge in [0.2, 0.25) is 0 Å². The van der Waals surface area contributed by atoms with E-state index >= 15 is 0 Å². The third-order valence-corrected chi connectivity index (χ3v) is 4.13. The van der Waals surface area contributed by atoms with E-state index < -0.39 is 0 Å². The fourth-order valence-corrected chi connectivity index (χ4v) is 2.85. The van der Waals surface area contributed by atoms with Gasteiger partial charge in [-0.15, -0.1) is 0 Å². The Bertz CT molecular complexity index is 591. The minimum atomic E-state index is -0.232. The van der Waals surface area contributed by atoms with Crippen LogP contribution in [0.15, 0.2) is 18.2 Å². The van der Waals surface area contributed by atoms with Gasteiger partial charge in [0.25, 0.3) is 11.8 Å². The van der Waals surface area contributed by atoms with Gasteiger partial charge in [-0.25, -0.2) is 0 Å². The fourth-order valence-electron chi connectivity index (χ4n) is 2.85. The molecule has 0 unspecified atom stereocenters. The summed E-state index contributed by atoms with van der Waals surface area (Å²) in [5.41, 5.74) is 0.558. The predicted octanol–water partition coefficient (Wildman–Crippen LogP) is 0.644. The van der Waals surface area contributed by atoms with E-state index in [1.165, 1.54) is 7.11 Å². The van der Waals surface area contributed by atoms with Crippen molar-refractivity contribution in [3.63, 3.8) is 0 Å². The maximum Gasteiger partial charge on any atom is 0.257 e. The normalized spacial score (nSPS) is 16.8. The summed E-state index contributed by atoms with van der Waals surface area (Å²) in [5, 5.41) is 5.62. The molecule has 1 fully saturated rings. The summed E-state index contributed by atoms with van der Waals surface area (Å²) in [5.74, 6) is 0.632. The van der Waals surface area contributed by atoms with Crippen LogP contribution in [0, 0.1) is 0 Å². The molecule has 1 atom stereocenters. The van der Waals surface area contributed by atoms with Crippen LogP contribution in [0.4, 0.5) is 0 Å². The molecule has 1 aromatic carbocycles. The molecule has 0 radical (unpaired) electrons. The fraction of sp³-hybridized carbons (Fsp3) is 0.529. The Balaban J connectivity index is 2.13. The lowest BCUT2D eigenvalue weighted by Gasteiger charge is -2.25. The molecule has 7 heteroatoms. The van der Waals surface area contributed by atoms with Crippen LogP contribution in [0.3, 0.4) is 0 Å².